The first-order valence-electron chi connectivity index (χ1n) is 7.59. The Morgan fingerprint density at radius 2 is 2.04 bits per heavy atom. The third kappa shape index (κ3) is 4.05. The molecule has 2 fully saturated rings. The van der Waals surface area contributed by atoms with E-state index in [2.05, 4.69) is 4.99 Å². The largest absolute Gasteiger partial charge is 0.480 e. The van der Waals surface area contributed by atoms with E-state index in [0.717, 1.165) is 11.8 Å². The van der Waals surface area contributed by atoms with Crippen LogP contribution in [0.5, 0.6) is 0 Å². The number of fused-ring (bicyclic) bond motifs is 1. The number of carbonyl (C=O) groups is 2. The second kappa shape index (κ2) is 7.33. The number of rotatable bonds is 5. The standard InChI is InChI=1S/C15H15FN2O6S2/c16-9-3-1-2-4-10(9)18-11-7-26(22,23)8-12(11)25-15(18)17-13(19)5-24-6-14(20)21/h1-4,11-12H,5-8H2,(H,20,21)/t11-,12-/m0/s1. The van der Waals surface area contributed by atoms with Crippen LogP contribution in [0.15, 0.2) is 29.3 Å². The number of thioether (sulfide) groups is 1. The molecule has 2 aliphatic heterocycles. The molecule has 11 heteroatoms. The molecule has 1 aromatic rings. The number of hydrogen-bond donors (Lipinski definition) is 1. The number of halogens is 1. The van der Waals surface area contributed by atoms with Crippen LogP contribution >= 0.6 is 11.8 Å². The third-order valence-electron chi connectivity index (χ3n) is 3.85. The molecule has 140 valence electrons. The Morgan fingerprint density at radius 1 is 1.31 bits per heavy atom. The molecular formula is C15H15FN2O6S2. The molecular weight excluding hydrogens is 387 g/mol. The van der Waals surface area contributed by atoms with Crippen molar-refractivity contribution in [3.63, 3.8) is 0 Å². The summed E-state index contributed by atoms with van der Waals surface area (Å²) in [5.41, 5.74) is 0.141. The van der Waals surface area contributed by atoms with Crippen LogP contribution < -0.4 is 4.90 Å². The summed E-state index contributed by atoms with van der Waals surface area (Å²) in [5, 5.41) is 8.34. The quantitative estimate of drug-likeness (QED) is 0.759. The molecule has 1 N–H and O–H groups in total. The molecule has 2 aliphatic rings. The molecule has 3 rings (SSSR count). The van der Waals surface area contributed by atoms with Crippen molar-refractivity contribution in [3.8, 4) is 0 Å². The Hall–Kier alpha value is -1.98. The SMILES string of the molecule is O=C(O)COCC(=O)N=C1S[C@H]2CS(=O)(=O)C[C@@H]2N1c1ccccc1F. The lowest BCUT2D eigenvalue weighted by Crippen LogP contribution is -2.38. The zero-order valence-electron chi connectivity index (χ0n) is 13.4. The van der Waals surface area contributed by atoms with Gasteiger partial charge in [-0.25, -0.2) is 17.6 Å². The fourth-order valence-electron chi connectivity index (χ4n) is 2.86. The summed E-state index contributed by atoms with van der Waals surface area (Å²) in [7, 11) is -3.25. The summed E-state index contributed by atoms with van der Waals surface area (Å²) >= 11 is 1.10. The van der Waals surface area contributed by atoms with Crippen LogP contribution in [0.3, 0.4) is 0 Å². The number of sulfone groups is 1. The van der Waals surface area contributed by atoms with Gasteiger partial charge in [0.1, 0.15) is 19.0 Å². The van der Waals surface area contributed by atoms with Crippen molar-refractivity contribution in [1.29, 1.82) is 0 Å². The molecule has 0 radical (unpaired) electrons. The Bertz CT molecular complexity index is 873. The molecule has 26 heavy (non-hydrogen) atoms. The molecule has 2 heterocycles. The highest BCUT2D eigenvalue weighted by molar-refractivity contribution is 8.16. The number of aliphatic imine (C=N–C) groups is 1. The van der Waals surface area contributed by atoms with Crippen LogP contribution in [-0.2, 0) is 24.2 Å². The van der Waals surface area contributed by atoms with E-state index in [9.17, 15) is 22.4 Å². The van der Waals surface area contributed by atoms with Crippen LogP contribution in [0.4, 0.5) is 10.1 Å². The number of para-hydroxylation sites is 1. The molecule has 0 aromatic heterocycles. The highest BCUT2D eigenvalue weighted by atomic mass is 32.2. The number of carbonyl (C=O) groups excluding carboxylic acids is 1. The third-order valence-corrected chi connectivity index (χ3v) is 7.06. The molecule has 1 amide bonds. The molecule has 0 aliphatic carbocycles. The Morgan fingerprint density at radius 3 is 2.73 bits per heavy atom. The van der Waals surface area contributed by atoms with Crippen molar-refractivity contribution in [3.05, 3.63) is 30.1 Å². The predicted molar refractivity (Wildman–Crippen MR) is 93.6 cm³/mol. The first-order chi connectivity index (χ1) is 12.3. The number of carboxylic acid groups (broad SMARTS) is 1. The minimum atomic E-state index is -3.25. The number of aliphatic carboxylic acids is 1. The molecule has 1 aromatic carbocycles. The summed E-state index contributed by atoms with van der Waals surface area (Å²) in [4.78, 5) is 27.7. The number of carboxylic acids is 1. The minimum absolute atomic E-state index is 0.0734. The van der Waals surface area contributed by atoms with Crippen LogP contribution in [-0.4, -0.2) is 66.6 Å². The van der Waals surface area contributed by atoms with E-state index in [-0.39, 0.29) is 27.6 Å². The van der Waals surface area contributed by atoms with E-state index in [4.69, 9.17) is 9.84 Å². The number of amides is 1. The van der Waals surface area contributed by atoms with Crippen molar-refractivity contribution in [2.24, 2.45) is 4.99 Å². The van der Waals surface area contributed by atoms with Crippen molar-refractivity contribution >= 4 is 44.3 Å². The fourth-order valence-corrected chi connectivity index (χ4v) is 6.78. The number of benzene rings is 1. The highest BCUT2D eigenvalue weighted by Crippen LogP contribution is 2.41. The van der Waals surface area contributed by atoms with Gasteiger partial charge in [0.05, 0.1) is 23.2 Å². The van der Waals surface area contributed by atoms with E-state index in [1.165, 1.54) is 23.1 Å². The highest BCUT2D eigenvalue weighted by Gasteiger charge is 2.49. The molecule has 2 saturated heterocycles. The van der Waals surface area contributed by atoms with E-state index in [0.29, 0.717) is 0 Å². The van der Waals surface area contributed by atoms with E-state index in [1.54, 1.807) is 6.07 Å². The topological polar surface area (TPSA) is 113 Å². The van der Waals surface area contributed by atoms with Gasteiger partial charge in [0, 0.05) is 5.25 Å². The maximum atomic E-state index is 14.3. The molecule has 8 nitrogen and oxygen atoms in total. The lowest BCUT2D eigenvalue weighted by atomic mass is 10.2. The second-order valence-corrected chi connectivity index (χ2v) is 9.16. The zero-order chi connectivity index (χ0) is 18.9. The van der Waals surface area contributed by atoms with Crippen molar-refractivity contribution < 1.29 is 32.2 Å². The number of ether oxygens (including phenoxy) is 1. The van der Waals surface area contributed by atoms with Crippen LogP contribution in [0.25, 0.3) is 0 Å². The van der Waals surface area contributed by atoms with E-state index >= 15 is 0 Å². The maximum Gasteiger partial charge on any atom is 0.329 e. The van der Waals surface area contributed by atoms with Crippen molar-refractivity contribution in [2.45, 2.75) is 11.3 Å². The number of hydrogen-bond acceptors (Lipinski definition) is 6. The van der Waals surface area contributed by atoms with Crippen molar-refractivity contribution in [1.82, 2.24) is 0 Å². The van der Waals surface area contributed by atoms with Gasteiger partial charge in [0.15, 0.2) is 15.0 Å². The number of anilines is 1. The predicted octanol–water partition coefficient (Wildman–Crippen LogP) is 0.528. The fraction of sp³-hybridized carbons (Fsp3) is 0.400. The van der Waals surface area contributed by atoms with Gasteiger partial charge in [0.2, 0.25) is 0 Å². The van der Waals surface area contributed by atoms with Crippen LogP contribution in [0, 0.1) is 5.82 Å². The minimum Gasteiger partial charge on any atom is -0.480 e. The number of nitrogens with zero attached hydrogens (tertiary/aromatic N) is 2. The summed E-state index contributed by atoms with van der Waals surface area (Å²) < 4.78 is 42.8. The van der Waals surface area contributed by atoms with Crippen LogP contribution in [0.2, 0.25) is 0 Å². The average molecular weight is 402 g/mol. The lowest BCUT2D eigenvalue weighted by molar-refractivity contribution is -0.143. The normalized spacial score (nSPS) is 25.4. The molecule has 2 atom stereocenters. The first-order valence-corrected chi connectivity index (χ1v) is 10.3. The Kier molecular flexibility index (Phi) is 5.30. The summed E-state index contributed by atoms with van der Waals surface area (Å²) in [6.45, 7) is -1.17. The molecule has 0 bridgehead atoms. The van der Waals surface area contributed by atoms with Crippen LogP contribution in [0.1, 0.15) is 0 Å². The monoisotopic (exact) mass is 402 g/mol. The smallest absolute Gasteiger partial charge is 0.329 e. The summed E-state index contributed by atoms with van der Waals surface area (Å²) in [6, 6.07) is 5.33. The Labute approximate surface area is 153 Å². The van der Waals surface area contributed by atoms with Gasteiger partial charge in [-0.1, -0.05) is 23.9 Å². The second-order valence-electron chi connectivity index (χ2n) is 5.80. The van der Waals surface area contributed by atoms with Gasteiger partial charge in [-0.05, 0) is 12.1 Å². The van der Waals surface area contributed by atoms with Gasteiger partial charge >= 0.3 is 5.97 Å². The Balaban J connectivity index is 1.87. The van der Waals surface area contributed by atoms with Gasteiger partial charge in [0.25, 0.3) is 5.91 Å². The maximum absolute atomic E-state index is 14.3. The molecule has 0 spiro atoms. The van der Waals surface area contributed by atoms with E-state index < -0.39 is 46.8 Å². The first kappa shape index (κ1) is 18.8. The van der Waals surface area contributed by atoms with Gasteiger partial charge in [-0.3, -0.25) is 4.79 Å². The molecule has 0 saturated carbocycles. The van der Waals surface area contributed by atoms with Gasteiger partial charge in [-0.2, -0.15) is 4.99 Å². The lowest BCUT2D eigenvalue weighted by Gasteiger charge is -2.24. The van der Waals surface area contributed by atoms with Gasteiger partial charge < -0.3 is 14.7 Å². The van der Waals surface area contributed by atoms with Crippen molar-refractivity contribution in [2.75, 3.05) is 29.6 Å². The van der Waals surface area contributed by atoms with Gasteiger partial charge in [-0.15, -0.1) is 0 Å². The number of amidine groups is 1. The average Bonchev–Trinajstić information content (AvgIpc) is 2.98. The molecule has 0 unspecified atom stereocenters. The zero-order valence-corrected chi connectivity index (χ0v) is 15.0. The summed E-state index contributed by atoms with van der Waals surface area (Å²) in [5.74, 6) is -2.72. The van der Waals surface area contributed by atoms with E-state index in [1.807, 2.05) is 0 Å². The summed E-state index contributed by atoms with van der Waals surface area (Å²) in [6.07, 6.45) is 0.